The number of hydrogen-bond acceptors (Lipinski definition) is 8. The van der Waals surface area contributed by atoms with Crippen molar-refractivity contribution in [3.63, 3.8) is 0 Å². The first-order valence-corrected chi connectivity index (χ1v) is 50.0. The molecule has 0 aliphatic heterocycles. The monoisotopic (exact) mass is 2580 g/mol. The van der Waals surface area contributed by atoms with E-state index in [-0.39, 0.29) is 96.7 Å². The summed E-state index contributed by atoms with van der Waals surface area (Å²) in [5.74, 6) is 0. The Hall–Kier alpha value is -13.3. The molecule has 142 heavy (non-hydrogen) atoms. The summed E-state index contributed by atoms with van der Waals surface area (Å²) in [7, 11) is -1.30. The van der Waals surface area contributed by atoms with Gasteiger partial charge in [0.2, 0.25) is 0 Å². The number of rotatable bonds is 13. The molecule has 13 heteroatoms. The second kappa shape index (κ2) is 56.3. The number of aromatic nitrogens is 8. The van der Waals surface area contributed by atoms with Crippen molar-refractivity contribution in [2.24, 2.45) is 0 Å². The Morgan fingerprint density at radius 3 is 0.739 bits per heavy atom. The Labute approximate surface area is 898 Å². The quantitative estimate of drug-likeness (QED) is 0.0831. The van der Waals surface area contributed by atoms with Gasteiger partial charge in [0, 0.05) is 130 Å². The molecule has 4 radical (unpaired) electrons. The van der Waals surface area contributed by atoms with Crippen LogP contribution in [0.3, 0.4) is 0 Å². The van der Waals surface area contributed by atoms with E-state index in [9.17, 15) is 0 Å². The fourth-order valence-corrected chi connectivity index (χ4v) is 16.0. The van der Waals surface area contributed by atoms with Crippen LogP contribution in [0.1, 0.15) is 90.1 Å². The topological polar surface area (TPSA) is 103 Å². The molecule has 0 bridgehead atoms. The molecule has 0 atom stereocenters. The molecule has 0 aliphatic carbocycles. The van der Waals surface area contributed by atoms with Gasteiger partial charge in [-0.2, -0.15) is 0 Å². The fraction of sp³-hybridized carbons (Fsp3) is 0.132. The van der Waals surface area contributed by atoms with E-state index in [4.69, 9.17) is 0 Å². The Kier molecular flexibility index (Phi) is 44.5. The molecule has 0 saturated heterocycles. The summed E-state index contributed by atoms with van der Waals surface area (Å²) >= 11 is 0. The summed E-state index contributed by atoms with van der Waals surface area (Å²) < 4.78 is 0. The molecular formula is C129H116Ir4N8Si-8. The third-order valence-corrected chi connectivity index (χ3v) is 24.3. The second-order valence-corrected chi connectivity index (χ2v) is 42.1. The molecule has 8 heterocycles. The van der Waals surface area contributed by atoms with Gasteiger partial charge in [-0.15, -0.1) is 285 Å². The molecule has 720 valence electrons. The number of hydrogen-bond donors (Lipinski definition) is 0. The second-order valence-electron chi connectivity index (χ2n) is 37.1. The van der Waals surface area contributed by atoms with E-state index >= 15 is 0 Å². The summed E-state index contributed by atoms with van der Waals surface area (Å²) in [6, 6.07) is 161. The van der Waals surface area contributed by atoms with Gasteiger partial charge < -0.3 is 39.9 Å². The van der Waals surface area contributed by atoms with E-state index in [0.717, 1.165) is 90.1 Å². The summed E-state index contributed by atoms with van der Waals surface area (Å²) in [5, 5.41) is 1.48. The molecule has 0 fully saturated rings. The van der Waals surface area contributed by atoms with E-state index in [1.54, 1.807) is 24.8 Å². The molecular weight excluding hydrogens is 2460 g/mol. The molecule has 20 aromatic rings. The number of aryl methyl sites for hydroxylation is 2. The first-order chi connectivity index (χ1) is 66.8. The minimum atomic E-state index is -1.30. The van der Waals surface area contributed by atoms with Crippen LogP contribution in [0.5, 0.6) is 0 Å². The van der Waals surface area contributed by atoms with E-state index in [1.807, 2.05) is 255 Å². The minimum absolute atomic E-state index is 0. The molecule has 0 spiro atoms. The third-order valence-electron chi connectivity index (χ3n) is 22.3. The van der Waals surface area contributed by atoms with Gasteiger partial charge in [0.15, 0.2) is 0 Å². The standard InChI is InChI=1S/C22H22N.C21H22NSi.2C21H20N.4C11H8N.4Ir/c1-16-12-13-21(23-15-16)18-9-7-8-17(14-18)19-10-5-6-11-20(19)22(2,3)4;1-16-11-12-21(22-15-16)19-9-5-7-17(13-19)18-8-6-10-20(14-18)23(2,3)4;1-21(2,3)19-11-7-9-17(15-19)16-8-6-10-18(14-16)20-12-4-5-13-22-20;1-21(2,3)19-12-5-4-11-18(19)16-9-8-10-17(15-16)20-13-6-7-14-22-20;4*1-2-6-10(7-3-1)11-8-4-5-9-12-11;;;;/h2*5-8,10-15H,1-4H3;2*4-9,11-15H,1-3H3;4*1-6,8-9H;;;;/q8*-1;;;;. The van der Waals surface area contributed by atoms with E-state index in [0.29, 0.717) is 0 Å². The van der Waals surface area contributed by atoms with Gasteiger partial charge in [0.05, 0.1) is 8.07 Å². The van der Waals surface area contributed by atoms with Gasteiger partial charge >= 0.3 is 0 Å². The van der Waals surface area contributed by atoms with Gasteiger partial charge in [-0.05, 0) is 162 Å². The van der Waals surface area contributed by atoms with Crippen LogP contribution in [0.2, 0.25) is 19.6 Å². The molecule has 8 nitrogen and oxygen atoms in total. The van der Waals surface area contributed by atoms with Crippen LogP contribution in [0, 0.1) is 62.4 Å². The van der Waals surface area contributed by atoms with Crippen LogP contribution in [0.25, 0.3) is 135 Å². The summed E-state index contributed by atoms with van der Waals surface area (Å²) in [6.45, 7) is 31.5. The van der Waals surface area contributed by atoms with Crippen molar-refractivity contribution >= 4 is 13.3 Å². The largest absolute Gasteiger partial charge is 0.305 e. The minimum Gasteiger partial charge on any atom is -0.305 e. The summed E-state index contributed by atoms with van der Waals surface area (Å²) in [5.41, 5.74) is 32.7. The van der Waals surface area contributed by atoms with Crippen LogP contribution in [-0.4, -0.2) is 47.9 Å². The first-order valence-electron chi connectivity index (χ1n) is 46.5. The van der Waals surface area contributed by atoms with Crippen LogP contribution in [0.15, 0.2) is 450 Å². The maximum absolute atomic E-state index is 4.52. The molecule has 20 rings (SSSR count). The molecule has 0 unspecified atom stereocenters. The van der Waals surface area contributed by atoms with E-state index in [1.165, 1.54) is 77.5 Å². The fourth-order valence-electron chi connectivity index (χ4n) is 14.9. The van der Waals surface area contributed by atoms with Crippen LogP contribution in [-0.2, 0) is 96.7 Å². The zero-order chi connectivity index (χ0) is 97.0. The van der Waals surface area contributed by atoms with Crippen molar-refractivity contribution in [2.75, 3.05) is 0 Å². The zero-order valence-corrected chi connectivity index (χ0v) is 93.2. The predicted octanol–water partition coefficient (Wildman–Crippen LogP) is 32.1. The van der Waals surface area contributed by atoms with Gasteiger partial charge in [0.1, 0.15) is 0 Å². The molecule has 12 aromatic carbocycles. The molecule has 0 N–H and O–H groups in total. The van der Waals surface area contributed by atoms with Crippen molar-refractivity contribution in [3.05, 3.63) is 526 Å². The first kappa shape index (κ1) is 112. The maximum atomic E-state index is 4.52. The van der Waals surface area contributed by atoms with Crippen molar-refractivity contribution < 1.29 is 80.4 Å². The molecule has 0 amide bonds. The van der Waals surface area contributed by atoms with Gasteiger partial charge in [-0.1, -0.05) is 281 Å². The average molecular weight is 2580 g/mol. The smallest absolute Gasteiger partial charge is 0.0776 e. The Bertz CT molecular complexity index is 6610. The van der Waals surface area contributed by atoms with Crippen molar-refractivity contribution in [1.82, 2.24) is 39.9 Å². The average Bonchev–Trinajstić information content (AvgIpc) is 0.793. The van der Waals surface area contributed by atoms with Gasteiger partial charge in [-0.3, -0.25) is 0 Å². The Balaban J connectivity index is 0.000000183. The maximum Gasteiger partial charge on any atom is 0.0776 e. The van der Waals surface area contributed by atoms with Crippen LogP contribution >= 0.6 is 0 Å². The summed E-state index contributed by atoms with van der Waals surface area (Å²) in [4.78, 5) is 34.7. The van der Waals surface area contributed by atoms with E-state index < -0.39 is 8.07 Å². The molecule has 0 aliphatic rings. The predicted molar refractivity (Wildman–Crippen MR) is 578 cm³/mol. The number of nitrogens with zero attached hydrogens (tertiary/aromatic N) is 8. The Morgan fingerprint density at radius 1 is 0.204 bits per heavy atom. The van der Waals surface area contributed by atoms with E-state index in [2.05, 4.69) is 354 Å². The summed E-state index contributed by atoms with van der Waals surface area (Å²) in [6.07, 6.45) is 14.6. The van der Waals surface area contributed by atoms with Gasteiger partial charge in [-0.25, -0.2) is 0 Å². The van der Waals surface area contributed by atoms with Crippen molar-refractivity contribution in [1.29, 1.82) is 0 Å². The van der Waals surface area contributed by atoms with Crippen molar-refractivity contribution in [2.45, 2.75) is 112 Å². The van der Waals surface area contributed by atoms with Gasteiger partial charge in [0.25, 0.3) is 0 Å². The number of benzene rings is 12. The normalized spacial score (nSPS) is 10.5. The van der Waals surface area contributed by atoms with Crippen LogP contribution < -0.4 is 5.19 Å². The molecule has 8 aromatic heterocycles. The Morgan fingerprint density at radius 2 is 0.465 bits per heavy atom. The SMILES string of the molecule is CC(C)(C)c1cccc(-c2cc[c-]c(-c3ccccn3)c2)c1.CC(C)(C)c1ccccc1-c1cc[c-]c(-c2ccccn2)c1.Cc1ccc(-c2[c-]ccc(-c3cccc([Si](C)(C)C)c3)c2)nc1.Cc1ccc(-c2[c-]ccc(-c3ccccc3C(C)(C)C)c2)nc1.[Ir].[Ir].[Ir].[Ir].[c-]1ccccc1-c1ccccn1.[c-]1ccccc1-c1ccccn1.[c-]1ccccc1-c1ccccn1.[c-]1ccccc1-c1ccccn1. The molecule has 0 saturated carbocycles. The third kappa shape index (κ3) is 34.5. The van der Waals surface area contributed by atoms with Crippen LogP contribution in [0.4, 0.5) is 0 Å². The number of pyridine rings is 8. The zero-order valence-electron chi connectivity index (χ0n) is 82.6. The van der Waals surface area contributed by atoms with Crippen molar-refractivity contribution in [3.8, 4) is 135 Å².